The first-order valence-electron chi connectivity index (χ1n) is 8.02. The second-order valence-corrected chi connectivity index (χ2v) is 5.70. The van der Waals surface area contributed by atoms with Gasteiger partial charge in [0.1, 0.15) is 0 Å². The van der Waals surface area contributed by atoms with Crippen LogP contribution in [-0.4, -0.2) is 22.3 Å². The minimum Gasteiger partial charge on any atom is -0.336 e. The molecule has 0 N–H and O–H groups in total. The minimum atomic E-state index is 0.256. The fraction of sp³-hybridized carbons (Fsp3) is 0.647. The van der Waals surface area contributed by atoms with Crippen molar-refractivity contribution in [3.8, 4) is 0 Å². The van der Waals surface area contributed by atoms with E-state index in [4.69, 9.17) is 0 Å². The molecule has 1 aliphatic heterocycles. The maximum absolute atomic E-state index is 12.4. The number of unbranched alkanes of at least 4 members (excludes halogenated alkanes) is 4. The van der Waals surface area contributed by atoms with Crippen LogP contribution in [0.3, 0.4) is 0 Å². The van der Waals surface area contributed by atoms with Gasteiger partial charge in [0.2, 0.25) is 5.91 Å². The first-order chi connectivity index (χ1) is 9.83. The van der Waals surface area contributed by atoms with Crippen LogP contribution in [-0.2, 0) is 4.79 Å². The smallest absolute Gasteiger partial charge is 0.223 e. The van der Waals surface area contributed by atoms with Gasteiger partial charge in [0.05, 0.1) is 6.04 Å². The van der Waals surface area contributed by atoms with Crippen molar-refractivity contribution in [3.05, 3.63) is 30.1 Å². The van der Waals surface area contributed by atoms with Gasteiger partial charge in [-0.1, -0.05) is 38.7 Å². The van der Waals surface area contributed by atoms with Crippen molar-refractivity contribution in [1.29, 1.82) is 0 Å². The van der Waals surface area contributed by atoms with E-state index in [1.54, 1.807) is 6.20 Å². The van der Waals surface area contributed by atoms with Crippen LogP contribution in [0.25, 0.3) is 0 Å². The summed E-state index contributed by atoms with van der Waals surface area (Å²) in [7, 11) is 0. The predicted octanol–water partition coefficient (Wildman–Crippen LogP) is 4.11. The summed E-state index contributed by atoms with van der Waals surface area (Å²) in [5.41, 5.74) is 1.18. The van der Waals surface area contributed by atoms with Crippen molar-refractivity contribution in [2.45, 2.75) is 64.3 Å². The molecular formula is C17H26N2O. The molecule has 0 bridgehead atoms. The Kier molecular flexibility index (Phi) is 6.03. The summed E-state index contributed by atoms with van der Waals surface area (Å²) in [5.74, 6) is 0.327. The zero-order valence-electron chi connectivity index (χ0n) is 12.6. The van der Waals surface area contributed by atoms with Gasteiger partial charge in [-0.05, 0) is 30.9 Å². The average molecular weight is 274 g/mol. The third-order valence-electron chi connectivity index (χ3n) is 4.14. The van der Waals surface area contributed by atoms with E-state index in [0.29, 0.717) is 12.3 Å². The van der Waals surface area contributed by atoms with Gasteiger partial charge in [0, 0.05) is 25.4 Å². The molecule has 1 fully saturated rings. The quantitative estimate of drug-likeness (QED) is 0.701. The van der Waals surface area contributed by atoms with Crippen molar-refractivity contribution in [2.75, 3.05) is 6.54 Å². The highest BCUT2D eigenvalue weighted by molar-refractivity contribution is 5.77. The van der Waals surface area contributed by atoms with Gasteiger partial charge in [0.25, 0.3) is 0 Å². The van der Waals surface area contributed by atoms with Crippen molar-refractivity contribution in [2.24, 2.45) is 0 Å². The van der Waals surface area contributed by atoms with E-state index >= 15 is 0 Å². The number of carbonyl (C=O) groups is 1. The Balaban J connectivity index is 1.83. The van der Waals surface area contributed by atoms with Crippen LogP contribution < -0.4 is 0 Å². The molecule has 1 atom stereocenters. The van der Waals surface area contributed by atoms with Crippen LogP contribution in [0.5, 0.6) is 0 Å². The van der Waals surface area contributed by atoms with Crippen molar-refractivity contribution in [1.82, 2.24) is 9.88 Å². The molecule has 110 valence electrons. The first-order valence-corrected chi connectivity index (χ1v) is 8.02. The van der Waals surface area contributed by atoms with Crippen LogP contribution in [0, 0.1) is 0 Å². The molecule has 1 aliphatic rings. The maximum atomic E-state index is 12.4. The zero-order valence-corrected chi connectivity index (χ0v) is 12.6. The fourth-order valence-electron chi connectivity index (χ4n) is 3.01. The molecule has 3 nitrogen and oxygen atoms in total. The number of nitrogens with zero attached hydrogens (tertiary/aromatic N) is 2. The number of carbonyl (C=O) groups excluding carboxylic acids is 1. The van der Waals surface area contributed by atoms with Crippen LogP contribution in [0.1, 0.15) is 69.9 Å². The highest BCUT2D eigenvalue weighted by atomic mass is 16.2. The lowest BCUT2D eigenvalue weighted by Gasteiger charge is -2.25. The molecule has 1 aromatic rings. The van der Waals surface area contributed by atoms with Gasteiger partial charge in [0.15, 0.2) is 0 Å². The summed E-state index contributed by atoms with van der Waals surface area (Å²) in [5, 5.41) is 0. The van der Waals surface area contributed by atoms with Gasteiger partial charge >= 0.3 is 0 Å². The molecule has 1 aromatic heterocycles. The van der Waals surface area contributed by atoms with Gasteiger partial charge < -0.3 is 4.90 Å². The Morgan fingerprint density at radius 2 is 2.20 bits per heavy atom. The Morgan fingerprint density at radius 3 is 2.95 bits per heavy atom. The van der Waals surface area contributed by atoms with Gasteiger partial charge in [-0.3, -0.25) is 9.78 Å². The average Bonchev–Trinajstić information content (AvgIpc) is 2.97. The molecule has 0 unspecified atom stereocenters. The van der Waals surface area contributed by atoms with Crippen LogP contribution in [0.4, 0.5) is 0 Å². The topological polar surface area (TPSA) is 33.2 Å². The molecule has 3 heteroatoms. The van der Waals surface area contributed by atoms with E-state index in [1.165, 1.54) is 31.2 Å². The third kappa shape index (κ3) is 4.06. The first kappa shape index (κ1) is 15.0. The van der Waals surface area contributed by atoms with Crippen LogP contribution >= 0.6 is 0 Å². The third-order valence-corrected chi connectivity index (χ3v) is 4.14. The van der Waals surface area contributed by atoms with Gasteiger partial charge in [-0.2, -0.15) is 0 Å². The lowest BCUT2D eigenvalue weighted by molar-refractivity contribution is -0.132. The maximum Gasteiger partial charge on any atom is 0.223 e. The molecule has 0 radical (unpaired) electrons. The monoisotopic (exact) mass is 274 g/mol. The van der Waals surface area contributed by atoms with E-state index < -0.39 is 0 Å². The standard InChI is InChI=1S/C17H26N2O/c1-2-3-4-5-6-11-17(20)19-13-8-10-16(19)15-9-7-12-18-14-15/h7,9,12,14,16H,2-6,8,10-11,13H2,1H3/t16-/m0/s1. The molecule has 20 heavy (non-hydrogen) atoms. The summed E-state index contributed by atoms with van der Waals surface area (Å²) in [6.07, 6.45) is 12.6. The SMILES string of the molecule is CCCCCCCC(=O)N1CCC[C@H]1c1cccnc1. The molecule has 0 spiro atoms. The van der Waals surface area contributed by atoms with Crippen molar-refractivity contribution in [3.63, 3.8) is 0 Å². The molecule has 2 rings (SSSR count). The lowest BCUT2D eigenvalue weighted by atomic mass is 10.1. The number of likely N-dealkylation sites (tertiary alicyclic amines) is 1. The molecule has 1 saturated heterocycles. The van der Waals surface area contributed by atoms with Crippen molar-refractivity contribution >= 4 is 5.91 Å². The Bertz CT molecular complexity index is 405. The summed E-state index contributed by atoms with van der Waals surface area (Å²) in [6, 6.07) is 4.30. The normalized spacial score (nSPS) is 18.4. The van der Waals surface area contributed by atoms with E-state index in [9.17, 15) is 4.79 Å². The second-order valence-electron chi connectivity index (χ2n) is 5.70. The highest BCUT2D eigenvalue weighted by Gasteiger charge is 2.29. The number of aromatic nitrogens is 1. The molecule has 0 saturated carbocycles. The van der Waals surface area contributed by atoms with Crippen LogP contribution in [0.2, 0.25) is 0 Å². The van der Waals surface area contributed by atoms with E-state index in [2.05, 4.69) is 22.9 Å². The summed E-state index contributed by atoms with van der Waals surface area (Å²) < 4.78 is 0. The minimum absolute atomic E-state index is 0.256. The zero-order chi connectivity index (χ0) is 14.2. The predicted molar refractivity (Wildman–Crippen MR) is 81.3 cm³/mol. The largest absolute Gasteiger partial charge is 0.336 e. The molecule has 2 heterocycles. The van der Waals surface area contributed by atoms with Crippen LogP contribution in [0.15, 0.2) is 24.5 Å². The molecule has 0 aromatic carbocycles. The Hall–Kier alpha value is -1.38. The summed E-state index contributed by atoms with van der Waals surface area (Å²) in [4.78, 5) is 18.6. The molecular weight excluding hydrogens is 248 g/mol. The Labute approximate surface area is 122 Å². The highest BCUT2D eigenvalue weighted by Crippen LogP contribution is 2.32. The van der Waals surface area contributed by atoms with Gasteiger partial charge in [-0.15, -0.1) is 0 Å². The number of rotatable bonds is 7. The second kappa shape index (κ2) is 8.03. The fourth-order valence-corrected chi connectivity index (χ4v) is 3.01. The van der Waals surface area contributed by atoms with E-state index in [-0.39, 0.29) is 6.04 Å². The number of amides is 1. The molecule has 0 aliphatic carbocycles. The van der Waals surface area contributed by atoms with Gasteiger partial charge in [-0.25, -0.2) is 0 Å². The Morgan fingerprint density at radius 1 is 1.35 bits per heavy atom. The lowest BCUT2D eigenvalue weighted by Crippen LogP contribution is -2.30. The van der Waals surface area contributed by atoms with E-state index in [0.717, 1.165) is 25.8 Å². The number of hydrogen-bond acceptors (Lipinski definition) is 2. The summed E-state index contributed by atoms with van der Waals surface area (Å²) in [6.45, 7) is 3.13. The van der Waals surface area contributed by atoms with Crippen molar-refractivity contribution < 1.29 is 4.79 Å². The number of hydrogen-bond donors (Lipinski definition) is 0. The summed E-state index contributed by atoms with van der Waals surface area (Å²) >= 11 is 0. The molecule has 1 amide bonds. The number of pyridine rings is 1. The van der Waals surface area contributed by atoms with E-state index in [1.807, 2.05) is 12.3 Å².